The number of hydrogen-bond donors (Lipinski definition) is 3. The number of carbonyl (C=O) groups excluding carboxylic acids is 1. The van der Waals surface area contributed by atoms with Crippen molar-refractivity contribution in [2.75, 3.05) is 6.54 Å². The van der Waals surface area contributed by atoms with Gasteiger partial charge in [-0.25, -0.2) is 9.37 Å². The van der Waals surface area contributed by atoms with Crippen LogP contribution in [0, 0.1) is 5.82 Å². The van der Waals surface area contributed by atoms with Crippen LogP contribution >= 0.6 is 0 Å². The second-order valence-electron chi connectivity index (χ2n) is 6.38. The van der Waals surface area contributed by atoms with Gasteiger partial charge in [-0.1, -0.05) is 12.1 Å². The van der Waals surface area contributed by atoms with Gasteiger partial charge < -0.3 is 15.4 Å². The number of nitrogens with one attached hydrogen (secondary N) is 2. The Morgan fingerprint density at radius 1 is 1.24 bits per heavy atom. The maximum absolute atomic E-state index is 12.9. The zero-order valence-electron chi connectivity index (χ0n) is 13.6. The molecular weight excluding hydrogens is 321 g/mol. The number of fused-ring (bicyclic) bond motifs is 1. The first-order valence-electron chi connectivity index (χ1n) is 8.36. The van der Waals surface area contributed by atoms with E-state index in [9.17, 15) is 14.3 Å². The molecule has 4 rings (SSSR count). The van der Waals surface area contributed by atoms with E-state index in [0.29, 0.717) is 35.5 Å². The number of amides is 1. The summed E-state index contributed by atoms with van der Waals surface area (Å²) >= 11 is 0. The molecule has 25 heavy (non-hydrogen) atoms. The molecule has 0 spiro atoms. The number of imidazole rings is 1. The van der Waals surface area contributed by atoms with Gasteiger partial charge in [-0.3, -0.25) is 4.79 Å². The van der Waals surface area contributed by atoms with Crippen LogP contribution in [-0.4, -0.2) is 27.5 Å². The van der Waals surface area contributed by atoms with Crippen molar-refractivity contribution in [1.29, 1.82) is 0 Å². The highest BCUT2D eigenvalue weighted by molar-refractivity contribution is 6.06. The second-order valence-corrected chi connectivity index (χ2v) is 6.38. The van der Waals surface area contributed by atoms with E-state index in [2.05, 4.69) is 15.3 Å². The SMILES string of the molecule is O=C(NCCc1ccc(F)cc1)c1ccc(O)c2nc(C3CC3)[nH]c12. The molecule has 0 atom stereocenters. The molecular formula is C19H18FN3O2. The highest BCUT2D eigenvalue weighted by Gasteiger charge is 2.28. The molecule has 0 saturated heterocycles. The van der Waals surface area contributed by atoms with Crippen molar-refractivity contribution in [3.8, 4) is 5.75 Å². The zero-order valence-corrected chi connectivity index (χ0v) is 13.6. The van der Waals surface area contributed by atoms with Gasteiger partial charge in [0.25, 0.3) is 5.91 Å². The molecule has 0 aliphatic heterocycles. The number of aromatic amines is 1. The molecule has 1 heterocycles. The Balaban J connectivity index is 1.49. The van der Waals surface area contributed by atoms with Gasteiger partial charge >= 0.3 is 0 Å². The van der Waals surface area contributed by atoms with E-state index in [0.717, 1.165) is 24.2 Å². The molecule has 128 valence electrons. The molecule has 3 N–H and O–H groups in total. The van der Waals surface area contributed by atoms with Crippen LogP contribution in [0.4, 0.5) is 4.39 Å². The molecule has 0 unspecified atom stereocenters. The summed E-state index contributed by atoms with van der Waals surface area (Å²) in [7, 11) is 0. The Morgan fingerprint density at radius 2 is 2.00 bits per heavy atom. The van der Waals surface area contributed by atoms with Gasteiger partial charge in [0.15, 0.2) is 0 Å². The molecule has 0 bridgehead atoms. The smallest absolute Gasteiger partial charge is 0.253 e. The molecule has 2 aromatic carbocycles. The lowest BCUT2D eigenvalue weighted by atomic mass is 10.1. The number of H-pyrrole nitrogens is 1. The third-order valence-corrected chi connectivity index (χ3v) is 4.46. The Bertz CT molecular complexity index is 930. The fourth-order valence-corrected chi connectivity index (χ4v) is 2.90. The topological polar surface area (TPSA) is 78.0 Å². The summed E-state index contributed by atoms with van der Waals surface area (Å²) in [5, 5.41) is 12.9. The number of benzene rings is 2. The van der Waals surface area contributed by atoms with E-state index in [1.165, 1.54) is 18.2 Å². The molecule has 1 aliphatic rings. The van der Waals surface area contributed by atoms with Crippen molar-refractivity contribution in [3.05, 3.63) is 59.2 Å². The lowest BCUT2D eigenvalue weighted by Gasteiger charge is -2.07. The number of carbonyl (C=O) groups is 1. The van der Waals surface area contributed by atoms with Gasteiger partial charge in [0.05, 0.1) is 11.1 Å². The number of nitrogens with zero attached hydrogens (tertiary/aromatic N) is 1. The van der Waals surface area contributed by atoms with Crippen LogP contribution in [0.1, 0.15) is 40.5 Å². The van der Waals surface area contributed by atoms with E-state index in [1.807, 2.05) is 0 Å². The zero-order chi connectivity index (χ0) is 17.4. The van der Waals surface area contributed by atoms with Crippen molar-refractivity contribution < 1.29 is 14.3 Å². The minimum absolute atomic E-state index is 0.0704. The van der Waals surface area contributed by atoms with Crippen LogP contribution in [0.2, 0.25) is 0 Å². The lowest BCUT2D eigenvalue weighted by molar-refractivity contribution is 0.0955. The number of aromatic hydroxyl groups is 1. The summed E-state index contributed by atoms with van der Waals surface area (Å²) in [5.41, 5.74) is 2.43. The summed E-state index contributed by atoms with van der Waals surface area (Å²) in [4.78, 5) is 20.1. The van der Waals surface area contributed by atoms with E-state index in [-0.39, 0.29) is 17.5 Å². The predicted molar refractivity (Wildman–Crippen MR) is 92.2 cm³/mol. The Morgan fingerprint density at radius 3 is 2.72 bits per heavy atom. The fraction of sp³-hybridized carbons (Fsp3) is 0.263. The van der Waals surface area contributed by atoms with Crippen LogP contribution < -0.4 is 5.32 Å². The number of aromatic nitrogens is 2. The summed E-state index contributed by atoms with van der Waals surface area (Å²) in [6.45, 7) is 0.441. The molecule has 3 aromatic rings. The predicted octanol–water partition coefficient (Wildman–Crippen LogP) is 3.26. The summed E-state index contributed by atoms with van der Waals surface area (Å²) in [5.74, 6) is 0.808. The minimum Gasteiger partial charge on any atom is -0.506 e. The van der Waals surface area contributed by atoms with E-state index in [4.69, 9.17) is 0 Å². The molecule has 1 aromatic heterocycles. The lowest BCUT2D eigenvalue weighted by Crippen LogP contribution is -2.25. The normalized spacial score (nSPS) is 14.0. The molecule has 1 fully saturated rings. The van der Waals surface area contributed by atoms with Crippen molar-refractivity contribution in [2.24, 2.45) is 0 Å². The van der Waals surface area contributed by atoms with Crippen LogP contribution in [-0.2, 0) is 6.42 Å². The quantitative estimate of drug-likeness (QED) is 0.668. The first-order chi connectivity index (χ1) is 12.1. The molecule has 1 aliphatic carbocycles. The van der Waals surface area contributed by atoms with Crippen molar-refractivity contribution in [3.63, 3.8) is 0 Å². The van der Waals surface area contributed by atoms with Crippen molar-refractivity contribution >= 4 is 16.9 Å². The standard InChI is InChI=1S/C19H18FN3O2/c20-13-5-1-11(2-6-13)9-10-21-19(25)14-7-8-15(24)17-16(14)22-18(23-17)12-3-4-12/h1-2,5-8,12,24H,3-4,9-10H2,(H,21,25)(H,22,23). The first-order valence-corrected chi connectivity index (χ1v) is 8.36. The Hall–Kier alpha value is -2.89. The Kier molecular flexibility index (Phi) is 3.87. The highest BCUT2D eigenvalue weighted by Crippen LogP contribution is 2.40. The average molecular weight is 339 g/mol. The second kappa shape index (κ2) is 6.20. The summed E-state index contributed by atoms with van der Waals surface area (Å²) in [6.07, 6.45) is 2.78. The minimum atomic E-state index is -0.273. The monoisotopic (exact) mass is 339 g/mol. The maximum Gasteiger partial charge on any atom is 0.253 e. The molecule has 6 heteroatoms. The van der Waals surface area contributed by atoms with Crippen LogP contribution in [0.5, 0.6) is 5.75 Å². The highest BCUT2D eigenvalue weighted by atomic mass is 19.1. The maximum atomic E-state index is 12.9. The molecule has 0 radical (unpaired) electrons. The van der Waals surface area contributed by atoms with E-state index in [1.54, 1.807) is 18.2 Å². The number of hydrogen-bond acceptors (Lipinski definition) is 3. The average Bonchev–Trinajstić information content (AvgIpc) is 3.36. The van der Waals surface area contributed by atoms with Crippen molar-refractivity contribution in [1.82, 2.24) is 15.3 Å². The first kappa shape index (κ1) is 15.6. The van der Waals surface area contributed by atoms with Gasteiger partial charge in [-0.2, -0.15) is 0 Å². The number of rotatable bonds is 5. The van der Waals surface area contributed by atoms with Crippen LogP contribution in [0.25, 0.3) is 11.0 Å². The Labute approximate surface area is 143 Å². The summed E-state index contributed by atoms with van der Waals surface area (Å²) in [6, 6.07) is 9.32. The third-order valence-electron chi connectivity index (χ3n) is 4.46. The van der Waals surface area contributed by atoms with Gasteiger partial charge in [0.1, 0.15) is 22.9 Å². The van der Waals surface area contributed by atoms with Crippen molar-refractivity contribution in [2.45, 2.75) is 25.2 Å². The van der Waals surface area contributed by atoms with Crippen LogP contribution in [0.15, 0.2) is 36.4 Å². The van der Waals surface area contributed by atoms with E-state index >= 15 is 0 Å². The van der Waals surface area contributed by atoms with Gasteiger partial charge in [-0.05, 0) is 49.1 Å². The fourth-order valence-electron chi connectivity index (χ4n) is 2.90. The third kappa shape index (κ3) is 3.20. The largest absolute Gasteiger partial charge is 0.506 e. The summed E-state index contributed by atoms with van der Waals surface area (Å²) < 4.78 is 12.9. The van der Waals surface area contributed by atoms with E-state index < -0.39 is 0 Å². The molecule has 1 saturated carbocycles. The van der Waals surface area contributed by atoms with Gasteiger partial charge in [-0.15, -0.1) is 0 Å². The molecule has 1 amide bonds. The number of phenols is 1. The number of phenolic OH excluding ortho intramolecular Hbond substituents is 1. The van der Waals surface area contributed by atoms with Gasteiger partial charge in [0.2, 0.25) is 0 Å². The molecule has 5 nitrogen and oxygen atoms in total. The van der Waals surface area contributed by atoms with Crippen LogP contribution in [0.3, 0.4) is 0 Å². The number of halogens is 1. The van der Waals surface area contributed by atoms with Gasteiger partial charge in [0, 0.05) is 12.5 Å².